The third-order valence-corrected chi connectivity index (χ3v) is 10.4. The highest BCUT2D eigenvalue weighted by Gasteiger charge is 2.42. The van der Waals surface area contributed by atoms with Gasteiger partial charge >= 0.3 is 0 Å². The molecule has 0 saturated carbocycles. The molecule has 228 valence electrons. The second-order valence-corrected chi connectivity index (χ2v) is 13.0. The van der Waals surface area contributed by atoms with Crippen LogP contribution in [0.4, 0.5) is 4.39 Å². The van der Waals surface area contributed by atoms with Gasteiger partial charge in [0.15, 0.2) is 0 Å². The summed E-state index contributed by atoms with van der Waals surface area (Å²) in [5.74, 6) is -1.80. The molecule has 4 aliphatic heterocycles. The summed E-state index contributed by atoms with van der Waals surface area (Å²) in [4.78, 5) is 43.5. The lowest BCUT2D eigenvalue weighted by Gasteiger charge is -2.48. The standard InChI is InChI=1S/C36H39FN4O3/c37-29-22-25(21-28-24-41(35(44)32(28)29)30-11-12-31(42)38-34(30)43)23-39-17-13-36(14-18-39)15-19-40(20-16-36)33(26-7-3-1-4-8-26)27-9-5-2-6-10-27/h1-10,21-22,30,33H,11-20,23-24H2,(H,38,42,43). The number of benzene rings is 3. The number of hydrogen-bond donors (Lipinski definition) is 1. The molecule has 1 spiro atoms. The molecule has 3 aromatic rings. The number of carbonyl (C=O) groups excluding carboxylic acids is 3. The molecule has 4 aliphatic rings. The van der Waals surface area contributed by atoms with Crippen LogP contribution in [0, 0.1) is 11.2 Å². The highest BCUT2D eigenvalue weighted by atomic mass is 19.1. The summed E-state index contributed by atoms with van der Waals surface area (Å²) in [6, 6.07) is 24.6. The zero-order valence-corrected chi connectivity index (χ0v) is 25.0. The van der Waals surface area contributed by atoms with Gasteiger partial charge in [-0.2, -0.15) is 0 Å². The quantitative estimate of drug-likeness (QED) is 0.405. The summed E-state index contributed by atoms with van der Waals surface area (Å²) in [6.45, 7) is 4.92. The van der Waals surface area contributed by atoms with Crippen LogP contribution in [-0.2, 0) is 22.7 Å². The topological polar surface area (TPSA) is 73.0 Å². The smallest absolute Gasteiger partial charge is 0.258 e. The molecule has 1 atom stereocenters. The van der Waals surface area contributed by atoms with Crippen LogP contribution in [0.2, 0.25) is 0 Å². The maximum Gasteiger partial charge on any atom is 0.258 e. The van der Waals surface area contributed by atoms with Crippen molar-refractivity contribution in [3.8, 4) is 0 Å². The Morgan fingerprint density at radius 3 is 2.07 bits per heavy atom. The first-order chi connectivity index (χ1) is 21.4. The fourth-order valence-electron chi connectivity index (χ4n) is 7.90. The number of carbonyl (C=O) groups is 3. The van der Waals surface area contributed by atoms with Gasteiger partial charge in [-0.25, -0.2) is 4.39 Å². The van der Waals surface area contributed by atoms with Crippen LogP contribution in [0.15, 0.2) is 72.8 Å². The van der Waals surface area contributed by atoms with Gasteiger partial charge in [0.25, 0.3) is 5.91 Å². The van der Waals surface area contributed by atoms with Gasteiger partial charge in [0.1, 0.15) is 11.9 Å². The van der Waals surface area contributed by atoms with Crippen LogP contribution >= 0.6 is 0 Å². The van der Waals surface area contributed by atoms with Crippen LogP contribution in [0.3, 0.4) is 0 Å². The zero-order chi connectivity index (χ0) is 30.3. The first-order valence-corrected chi connectivity index (χ1v) is 15.9. The minimum Gasteiger partial charge on any atom is -0.322 e. The van der Waals surface area contributed by atoms with Crippen molar-refractivity contribution in [3.05, 3.63) is 106 Å². The molecule has 0 bridgehead atoms. The number of halogens is 1. The molecule has 0 aromatic heterocycles. The molecule has 1 N–H and O–H groups in total. The van der Waals surface area contributed by atoms with E-state index in [0.29, 0.717) is 17.5 Å². The van der Waals surface area contributed by atoms with Crippen molar-refractivity contribution in [1.29, 1.82) is 0 Å². The highest BCUT2D eigenvalue weighted by Crippen LogP contribution is 2.44. The molecule has 3 saturated heterocycles. The minimum atomic E-state index is -0.740. The van der Waals surface area contributed by atoms with E-state index in [9.17, 15) is 14.4 Å². The van der Waals surface area contributed by atoms with E-state index in [0.717, 1.165) is 44.6 Å². The molecule has 1 unspecified atom stereocenters. The molecule has 44 heavy (non-hydrogen) atoms. The number of fused-ring (bicyclic) bond motifs is 1. The normalized spacial score (nSPS) is 22.5. The molecule has 0 aliphatic carbocycles. The van der Waals surface area contributed by atoms with Gasteiger partial charge in [0.2, 0.25) is 11.8 Å². The van der Waals surface area contributed by atoms with Crippen molar-refractivity contribution in [1.82, 2.24) is 20.0 Å². The predicted molar refractivity (Wildman–Crippen MR) is 165 cm³/mol. The van der Waals surface area contributed by atoms with E-state index in [-0.39, 0.29) is 36.9 Å². The first kappa shape index (κ1) is 28.9. The molecule has 3 fully saturated rings. The lowest BCUT2D eigenvalue weighted by atomic mass is 9.70. The third-order valence-electron chi connectivity index (χ3n) is 10.4. The van der Waals surface area contributed by atoms with E-state index in [1.54, 1.807) is 0 Å². The van der Waals surface area contributed by atoms with E-state index in [2.05, 4.69) is 75.8 Å². The van der Waals surface area contributed by atoms with Gasteiger partial charge in [0, 0.05) is 19.5 Å². The molecule has 3 aromatic carbocycles. The predicted octanol–water partition coefficient (Wildman–Crippen LogP) is 5.05. The lowest BCUT2D eigenvalue weighted by Crippen LogP contribution is -2.52. The van der Waals surface area contributed by atoms with Crippen molar-refractivity contribution < 1.29 is 18.8 Å². The van der Waals surface area contributed by atoms with Crippen LogP contribution in [0.1, 0.15) is 77.2 Å². The van der Waals surface area contributed by atoms with E-state index in [1.807, 2.05) is 6.07 Å². The number of amides is 3. The second kappa shape index (κ2) is 11.9. The average molecular weight is 595 g/mol. The summed E-state index contributed by atoms with van der Waals surface area (Å²) in [5, 5.41) is 2.31. The molecule has 4 heterocycles. The fraction of sp³-hybridized carbons (Fsp3) is 0.417. The first-order valence-electron chi connectivity index (χ1n) is 15.9. The Kier molecular flexibility index (Phi) is 7.81. The maximum absolute atomic E-state index is 15.3. The van der Waals surface area contributed by atoms with Gasteiger partial charge in [-0.05, 0) is 92.0 Å². The Morgan fingerprint density at radius 2 is 1.45 bits per heavy atom. The number of imide groups is 1. The monoisotopic (exact) mass is 594 g/mol. The number of rotatable bonds is 6. The Morgan fingerprint density at radius 1 is 0.841 bits per heavy atom. The van der Waals surface area contributed by atoms with Crippen molar-refractivity contribution in [3.63, 3.8) is 0 Å². The molecule has 7 nitrogen and oxygen atoms in total. The summed E-state index contributed by atoms with van der Waals surface area (Å²) < 4.78 is 15.3. The van der Waals surface area contributed by atoms with Crippen LogP contribution < -0.4 is 5.32 Å². The highest BCUT2D eigenvalue weighted by molar-refractivity contribution is 6.05. The van der Waals surface area contributed by atoms with Gasteiger partial charge in [-0.15, -0.1) is 0 Å². The number of piperidine rings is 3. The van der Waals surface area contributed by atoms with Gasteiger partial charge in [-0.1, -0.05) is 66.7 Å². The van der Waals surface area contributed by atoms with Crippen LogP contribution in [-0.4, -0.2) is 64.6 Å². The lowest BCUT2D eigenvalue weighted by molar-refractivity contribution is -0.136. The summed E-state index contributed by atoms with van der Waals surface area (Å²) in [5.41, 5.74) is 4.58. The van der Waals surface area contributed by atoms with E-state index in [1.165, 1.54) is 34.9 Å². The summed E-state index contributed by atoms with van der Waals surface area (Å²) in [6.07, 6.45) is 5.09. The van der Waals surface area contributed by atoms with Crippen LogP contribution in [0.5, 0.6) is 0 Å². The number of nitrogens with zero attached hydrogens (tertiary/aromatic N) is 3. The molecular formula is C36H39FN4O3. The Labute approximate surface area is 258 Å². The maximum atomic E-state index is 15.3. The van der Waals surface area contributed by atoms with Crippen LogP contribution in [0.25, 0.3) is 0 Å². The molecule has 0 radical (unpaired) electrons. The van der Waals surface area contributed by atoms with Crippen molar-refractivity contribution in [2.45, 2.75) is 63.7 Å². The van der Waals surface area contributed by atoms with Gasteiger partial charge in [-0.3, -0.25) is 29.5 Å². The minimum absolute atomic E-state index is 0.0621. The number of hydrogen-bond acceptors (Lipinski definition) is 5. The van der Waals surface area contributed by atoms with E-state index >= 15 is 4.39 Å². The average Bonchev–Trinajstić information content (AvgIpc) is 3.36. The molecular weight excluding hydrogens is 555 g/mol. The Hall–Kier alpha value is -3.88. The summed E-state index contributed by atoms with van der Waals surface area (Å²) in [7, 11) is 0. The van der Waals surface area contributed by atoms with E-state index in [4.69, 9.17) is 0 Å². The number of likely N-dealkylation sites (tertiary alicyclic amines) is 2. The Bertz CT molecular complexity index is 1500. The van der Waals surface area contributed by atoms with Gasteiger partial charge in [0.05, 0.1) is 11.6 Å². The zero-order valence-electron chi connectivity index (χ0n) is 25.0. The molecule has 7 rings (SSSR count). The fourth-order valence-corrected chi connectivity index (χ4v) is 7.90. The Balaban J connectivity index is 0.972. The third kappa shape index (κ3) is 5.57. The van der Waals surface area contributed by atoms with E-state index < -0.39 is 23.7 Å². The van der Waals surface area contributed by atoms with Crippen molar-refractivity contribution in [2.24, 2.45) is 5.41 Å². The molecule has 8 heteroatoms. The van der Waals surface area contributed by atoms with Gasteiger partial charge < -0.3 is 4.90 Å². The van der Waals surface area contributed by atoms with Crippen molar-refractivity contribution in [2.75, 3.05) is 26.2 Å². The molecule has 3 amide bonds. The second-order valence-electron chi connectivity index (χ2n) is 13.0. The van der Waals surface area contributed by atoms with Crippen molar-refractivity contribution >= 4 is 17.7 Å². The largest absolute Gasteiger partial charge is 0.322 e. The summed E-state index contributed by atoms with van der Waals surface area (Å²) >= 11 is 0. The number of nitrogens with one attached hydrogen (secondary N) is 1. The SMILES string of the molecule is O=C1CCC(N2Cc3cc(CN4CCC5(CC4)CCN(C(c4ccccc4)c4ccccc4)CC5)cc(F)c3C2=O)C(=O)N1.